The molecule has 1 fully saturated rings. The molecule has 0 bridgehead atoms. The van der Waals surface area contributed by atoms with Gasteiger partial charge in [-0.1, -0.05) is 26.7 Å². The molecule has 3 heteroatoms. The second-order valence-corrected chi connectivity index (χ2v) is 7.46. The van der Waals surface area contributed by atoms with Crippen molar-refractivity contribution >= 4 is 11.3 Å². The van der Waals surface area contributed by atoms with Crippen LogP contribution in [0.5, 0.6) is 0 Å². The third-order valence-corrected chi connectivity index (χ3v) is 5.63. The van der Waals surface area contributed by atoms with Gasteiger partial charge in [0.05, 0.1) is 10.7 Å². The molecule has 1 atom stereocenters. The van der Waals surface area contributed by atoms with Crippen molar-refractivity contribution in [1.82, 2.24) is 4.98 Å². The lowest BCUT2D eigenvalue weighted by Crippen LogP contribution is -2.56. The van der Waals surface area contributed by atoms with Crippen molar-refractivity contribution in [2.24, 2.45) is 11.1 Å². The van der Waals surface area contributed by atoms with Crippen molar-refractivity contribution in [3.05, 3.63) is 15.6 Å². The molecular weight excluding hydrogens is 228 g/mol. The molecule has 2 rings (SSSR count). The van der Waals surface area contributed by atoms with Crippen LogP contribution in [0.3, 0.4) is 0 Å². The third-order valence-electron chi connectivity index (χ3n) is 4.56. The molecule has 1 aliphatic rings. The van der Waals surface area contributed by atoms with E-state index in [1.165, 1.54) is 34.8 Å². The zero-order chi connectivity index (χ0) is 12.7. The van der Waals surface area contributed by atoms with Gasteiger partial charge in [0.1, 0.15) is 0 Å². The van der Waals surface area contributed by atoms with E-state index in [1.54, 1.807) is 0 Å². The van der Waals surface area contributed by atoms with Gasteiger partial charge in [0, 0.05) is 16.8 Å². The van der Waals surface area contributed by atoms with Gasteiger partial charge in [-0.25, -0.2) is 4.98 Å². The van der Waals surface area contributed by atoms with Crippen LogP contribution in [0.1, 0.15) is 55.1 Å². The summed E-state index contributed by atoms with van der Waals surface area (Å²) in [6, 6.07) is 0. The molecule has 2 N–H and O–H groups in total. The van der Waals surface area contributed by atoms with Crippen LogP contribution in [0.2, 0.25) is 0 Å². The number of hydrogen-bond acceptors (Lipinski definition) is 3. The topological polar surface area (TPSA) is 38.9 Å². The van der Waals surface area contributed by atoms with Crippen LogP contribution in [-0.4, -0.2) is 10.5 Å². The maximum absolute atomic E-state index is 6.69. The van der Waals surface area contributed by atoms with E-state index in [1.807, 2.05) is 11.3 Å². The van der Waals surface area contributed by atoms with Crippen LogP contribution < -0.4 is 5.73 Å². The fourth-order valence-electron chi connectivity index (χ4n) is 2.81. The zero-order valence-electron chi connectivity index (χ0n) is 11.5. The first-order chi connectivity index (χ1) is 7.84. The average molecular weight is 252 g/mol. The molecule has 1 aromatic heterocycles. The monoisotopic (exact) mass is 252 g/mol. The Hall–Kier alpha value is -0.410. The minimum absolute atomic E-state index is 0.0675. The van der Waals surface area contributed by atoms with Gasteiger partial charge in [0.25, 0.3) is 0 Å². The standard InChI is InChI=1S/C14H24N2S/c1-10-11(2)17-12(16-10)9-14(15)8-6-5-7-13(14,3)4/h5-9,15H2,1-4H3. The van der Waals surface area contributed by atoms with Crippen molar-refractivity contribution in [2.45, 2.75) is 65.3 Å². The summed E-state index contributed by atoms with van der Waals surface area (Å²) in [5.41, 5.74) is 8.03. The lowest BCUT2D eigenvalue weighted by atomic mass is 9.62. The van der Waals surface area contributed by atoms with Crippen molar-refractivity contribution in [3.8, 4) is 0 Å². The molecule has 1 aromatic rings. The first kappa shape index (κ1) is 13.0. The molecule has 1 aliphatic carbocycles. The highest BCUT2D eigenvalue weighted by Gasteiger charge is 2.43. The summed E-state index contributed by atoms with van der Waals surface area (Å²) in [5, 5.41) is 1.22. The Bertz CT molecular complexity index is 389. The fourth-order valence-corrected chi connectivity index (χ4v) is 3.87. The zero-order valence-corrected chi connectivity index (χ0v) is 12.3. The number of hydrogen-bond donors (Lipinski definition) is 1. The van der Waals surface area contributed by atoms with Crippen LogP contribution in [0.4, 0.5) is 0 Å². The Morgan fingerprint density at radius 3 is 2.41 bits per heavy atom. The van der Waals surface area contributed by atoms with Gasteiger partial charge in [-0.3, -0.25) is 0 Å². The van der Waals surface area contributed by atoms with Gasteiger partial charge in [-0.05, 0) is 32.1 Å². The quantitative estimate of drug-likeness (QED) is 0.873. The van der Waals surface area contributed by atoms with Gasteiger partial charge < -0.3 is 5.73 Å². The molecule has 0 aromatic carbocycles. The van der Waals surface area contributed by atoms with Crippen molar-refractivity contribution < 1.29 is 0 Å². The Morgan fingerprint density at radius 2 is 1.88 bits per heavy atom. The van der Waals surface area contributed by atoms with E-state index in [2.05, 4.69) is 32.7 Å². The third kappa shape index (κ3) is 2.41. The van der Waals surface area contributed by atoms with Crippen LogP contribution >= 0.6 is 11.3 Å². The van der Waals surface area contributed by atoms with Gasteiger partial charge in [0.2, 0.25) is 0 Å². The second kappa shape index (κ2) is 4.36. The van der Waals surface area contributed by atoms with Crippen LogP contribution in [-0.2, 0) is 6.42 Å². The minimum Gasteiger partial charge on any atom is -0.324 e. The van der Waals surface area contributed by atoms with Crippen molar-refractivity contribution in [2.75, 3.05) is 0 Å². The molecule has 1 saturated carbocycles. The average Bonchev–Trinajstić information content (AvgIpc) is 2.51. The van der Waals surface area contributed by atoms with Gasteiger partial charge in [-0.2, -0.15) is 0 Å². The molecule has 0 saturated heterocycles. The van der Waals surface area contributed by atoms with Gasteiger partial charge >= 0.3 is 0 Å². The summed E-state index contributed by atoms with van der Waals surface area (Å²) in [4.78, 5) is 5.98. The smallest absolute Gasteiger partial charge is 0.0949 e. The minimum atomic E-state index is -0.0675. The molecular formula is C14H24N2S. The first-order valence-electron chi connectivity index (χ1n) is 6.56. The van der Waals surface area contributed by atoms with E-state index in [4.69, 9.17) is 5.73 Å². The first-order valence-corrected chi connectivity index (χ1v) is 7.37. The second-order valence-electron chi connectivity index (χ2n) is 6.17. The molecule has 2 nitrogen and oxygen atoms in total. The normalized spacial score (nSPS) is 28.3. The largest absolute Gasteiger partial charge is 0.324 e. The van der Waals surface area contributed by atoms with Crippen molar-refractivity contribution in [3.63, 3.8) is 0 Å². The number of aryl methyl sites for hydroxylation is 2. The Kier molecular flexibility index (Phi) is 3.34. The molecule has 0 spiro atoms. The molecule has 1 heterocycles. The highest BCUT2D eigenvalue weighted by atomic mass is 32.1. The molecule has 0 amide bonds. The molecule has 96 valence electrons. The summed E-state index contributed by atoms with van der Waals surface area (Å²) in [5.74, 6) is 0. The van der Waals surface area contributed by atoms with E-state index in [0.29, 0.717) is 0 Å². The summed E-state index contributed by atoms with van der Waals surface area (Å²) >= 11 is 1.82. The number of nitrogens with zero attached hydrogens (tertiary/aromatic N) is 1. The lowest BCUT2D eigenvalue weighted by Gasteiger charge is -2.47. The van der Waals surface area contributed by atoms with Crippen LogP contribution in [0.25, 0.3) is 0 Å². The highest BCUT2D eigenvalue weighted by Crippen LogP contribution is 2.44. The van der Waals surface area contributed by atoms with Crippen molar-refractivity contribution in [1.29, 1.82) is 0 Å². The maximum atomic E-state index is 6.69. The molecule has 17 heavy (non-hydrogen) atoms. The number of rotatable bonds is 2. The number of thiazole rings is 1. The fraction of sp³-hybridized carbons (Fsp3) is 0.786. The van der Waals surface area contributed by atoms with E-state index < -0.39 is 0 Å². The molecule has 0 aliphatic heterocycles. The van der Waals surface area contributed by atoms with E-state index in [0.717, 1.165) is 12.8 Å². The number of nitrogens with two attached hydrogens (primary N) is 1. The van der Waals surface area contributed by atoms with Gasteiger partial charge in [0.15, 0.2) is 0 Å². The molecule has 0 radical (unpaired) electrons. The summed E-state index contributed by atoms with van der Waals surface area (Å²) in [6.07, 6.45) is 5.91. The molecule has 1 unspecified atom stereocenters. The Balaban J connectivity index is 2.21. The predicted molar refractivity (Wildman–Crippen MR) is 74.5 cm³/mol. The van der Waals surface area contributed by atoms with E-state index in [-0.39, 0.29) is 11.0 Å². The number of aromatic nitrogens is 1. The van der Waals surface area contributed by atoms with Crippen LogP contribution in [0.15, 0.2) is 0 Å². The van der Waals surface area contributed by atoms with Gasteiger partial charge in [-0.15, -0.1) is 11.3 Å². The highest BCUT2D eigenvalue weighted by molar-refractivity contribution is 7.11. The lowest BCUT2D eigenvalue weighted by molar-refractivity contribution is 0.0989. The van der Waals surface area contributed by atoms with E-state index in [9.17, 15) is 0 Å². The Labute approximate surface area is 109 Å². The summed E-state index contributed by atoms with van der Waals surface area (Å²) in [7, 11) is 0. The Morgan fingerprint density at radius 1 is 1.24 bits per heavy atom. The summed E-state index contributed by atoms with van der Waals surface area (Å²) < 4.78 is 0. The van der Waals surface area contributed by atoms with Crippen LogP contribution in [0, 0.1) is 19.3 Å². The SMILES string of the molecule is Cc1nc(CC2(N)CCCCC2(C)C)sc1C. The predicted octanol–water partition coefficient (Wildman–Crippen LogP) is 3.60. The summed E-state index contributed by atoms with van der Waals surface area (Å²) in [6.45, 7) is 8.87. The van der Waals surface area contributed by atoms with E-state index >= 15 is 0 Å². The maximum Gasteiger partial charge on any atom is 0.0949 e.